The summed E-state index contributed by atoms with van der Waals surface area (Å²) < 4.78 is 0. The van der Waals surface area contributed by atoms with Crippen LogP contribution in [0.3, 0.4) is 0 Å². The number of halogens is 2. The Hall–Kier alpha value is -2.01. The lowest BCUT2D eigenvalue weighted by Gasteiger charge is -2.31. The molecule has 1 amide bonds. The van der Waals surface area contributed by atoms with Crippen molar-refractivity contribution in [2.45, 2.75) is 44.6 Å². The van der Waals surface area contributed by atoms with Crippen LogP contribution in [0, 0.1) is 0 Å². The molecule has 2 aromatic carbocycles. The van der Waals surface area contributed by atoms with Crippen molar-refractivity contribution in [2.75, 3.05) is 20.1 Å². The Morgan fingerprint density at radius 2 is 1.81 bits per heavy atom. The summed E-state index contributed by atoms with van der Waals surface area (Å²) in [6.45, 7) is 1.59. The normalized spacial score (nSPS) is 15.0. The Kier molecular flexibility index (Phi) is 7.21. The first-order valence-electron chi connectivity index (χ1n) is 11.0. The lowest BCUT2D eigenvalue weighted by Crippen LogP contribution is -2.39. The maximum Gasteiger partial charge on any atom is 0.224 e. The summed E-state index contributed by atoms with van der Waals surface area (Å²) in [6, 6.07) is 12.5. The molecule has 0 aliphatic heterocycles. The minimum Gasteiger partial charge on any atom is -0.361 e. The number of carbonyl (C=O) groups excluding carboxylic acids is 1. The van der Waals surface area contributed by atoms with Crippen molar-refractivity contribution in [1.82, 2.24) is 15.2 Å². The second kappa shape index (κ2) is 10.1. The Balaban J connectivity index is 1.35. The highest BCUT2D eigenvalue weighted by molar-refractivity contribution is 6.42. The third kappa shape index (κ3) is 5.43. The molecule has 0 radical (unpaired) electrons. The van der Waals surface area contributed by atoms with Crippen molar-refractivity contribution in [3.63, 3.8) is 0 Å². The van der Waals surface area contributed by atoms with Gasteiger partial charge in [0.25, 0.3) is 0 Å². The molecule has 1 saturated carbocycles. The van der Waals surface area contributed by atoms with Gasteiger partial charge < -0.3 is 15.2 Å². The van der Waals surface area contributed by atoms with Crippen molar-refractivity contribution >= 4 is 40.0 Å². The molecular formula is C25H29Cl2N3O. The monoisotopic (exact) mass is 457 g/mol. The molecule has 4 rings (SSSR count). The number of benzene rings is 2. The van der Waals surface area contributed by atoms with Gasteiger partial charge in [0.2, 0.25) is 5.91 Å². The predicted molar refractivity (Wildman–Crippen MR) is 130 cm³/mol. The molecule has 6 heteroatoms. The molecule has 0 bridgehead atoms. The topological polar surface area (TPSA) is 48.1 Å². The van der Waals surface area contributed by atoms with Gasteiger partial charge in [0.1, 0.15) is 0 Å². The highest BCUT2D eigenvalue weighted by Crippen LogP contribution is 2.31. The van der Waals surface area contributed by atoms with Crippen LogP contribution in [0.4, 0.5) is 0 Å². The van der Waals surface area contributed by atoms with Gasteiger partial charge in [-0.2, -0.15) is 0 Å². The molecule has 3 aromatic rings. The highest BCUT2D eigenvalue weighted by atomic mass is 35.5. The van der Waals surface area contributed by atoms with Gasteiger partial charge in [0.15, 0.2) is 0 Å². The number of rotatable bonds is 7. The Morgan fingerprint density at radius 3 is 2.58 bits per heavy atom. The number of likely N-dealkylation sites (N-methyl/N-ethyl adjacent to an activating group) is 1. The first-order valence-corrected chi connectivity index (χ1v) is 11.8. The molecule has 2 N–H and O–H groups in total. The van der Waals surface area contributed by atoms with E-state index >= 15 is 0 Å². The number of aromatic amines is 1. The molecule has 31 heavy (non-hydrogen) atoms. The van der Waals surface area contributed by atoms with Crippen molar-refractivity contribution < 1.29 is 4.79 Å². The first-order chi connectivity index (χ1) is 15.0. The number of hydrogen-bond acceptors (Lipinski definition) is 2. The summed E-state index contributed by atoms with van der Waals surface area (Å²) in [5, 5.41) is 5.24. The van der Waals surface area contributed by atoms with Gasteiger partial charge in [0, 0.05) is 36.2 Å². The molecule has 1 aliphatic rings. The average Bonchev–Trinajstić information content (AvgIpc) is 3.18. The molecule has 1 aliphatic carbocycles. The van der Waals surface area contributed by atoms with Crippen LogP contribution in [0.1, 0.15) is 37.7 Å². The van der Waals surface area contributed by atoms with Crippen molar-refractivity contribution in [2.24, 2.45) is 0 Å². The fourth-order valence-electron chi connectivity index (χ4n) is 4.50. The van der Waals surface area contributed by atoms with E-state index in [1.807, 2.05) is 18.3 Å². The van der Waals surface area contributed by atoms with Gasteiger partial charge in [-0.3, -0.25) is 4.79 Å². The maximum atomic E-state index is 12.5. The molecular weight excluding hydrogens is 429 g/mol. The van der Waals surface area contributed by atoms with Crippen LogP contribution in [0.2, 0.25) is 10.0 Å². The second-order valence-electron chi connectivity index (χ2n) is 8.50. The minimum atomic E-state index is 0.0616. The van der Waals surface area contributed by atoms with Gasteiger partial charge >= 0.3 is 0 Å². The molecule has 0 unspecified atom stereocenters. The summed E-state index contributed by atoms with van der Waals surface area (Å²) in [5.41, 5.74) is 4.07. The van der Waals surface area contributed by atoms with Gasteiger partial charge in [-0.1, -0.05) is 60.7 Å². The van der Waals surface area contributed by atoms with Crippen molar-refractivity contribution in [1.29, 1.82) is 0 Å². The number of nitrogens with zero attached hydrogens (tertiary/aromatic N) is 1. The lowest BCUT2D eigenvalue weighted by atomic mass is 9.94. The fraction of sp³-hybridized carbons (Fsp3) is 0.400. The molecule has 1 fully saturated rings. The van der Waals surface area contributed by atoms with Crippen LogP contribution in [0.5, 0.6) is 0 Å². The van der Waals surface area contributed by atoms with E-state index in [9.17, 15) is 4.79 Å². The number of aromatic nitrogens is 1. The summed E-state index contributed by atoms with van der Waals surface area (Å²) in [7, 11) is 2.17. The summed E-state index contributed by atoms with van der Waals surface area (Å²) in [6.07, 6.45) is 8.88. The van der Waals surface area contributed by atoms with Gasteiger partial charge in [0.05, 0.1) is 16.5 Å². The predicted octanol–water partition coefficient (Wildman–Crippen LogP) is 6.06. The van der Waals surface area contributed by atoms with Crippen LogP contribution in [-0.4, -0.2) is 42.0 Å². The first kappa shape index (κ1) is 22.2. The second-order valence-corrected chi connectivity index (χ2v) is 9.32. The zero-order chi connectivity index (χ0) is 21.8. The smallest absolute Gasteiger partial charge is 0.224 e. The van der Waals surface area contributed by atoms with E-state index in [4.69, 9.17) is 23.2 Å². The van der Waals surface area contributed by atoms with Crippen LogP contribution >= 0.6 is 23.2 Å². The van der Waals surface area contributed by atoms with E-state index in [0.717, 1.165) is 34.1 Å². The van der Waals surface area contributed by atoms with Gasteiger partial charge in [-0.25, -0.2) is 0 Å². The SMILES string of the molecule is CN(CCNC(=O)Cc1c[nH]c2cc(-c3ccc(Cl)c(Cl)c3)ccc12)C1CCCCC1. The van der Waals surface area contributed by atoms with E-state index in [-0.39, 0.29) is 5.91 Å². The summed E-state index contributed by atoms with van der Waals surface area (Å²) in [5.74, 6) is 0.0616. The van der Waals surface area contributed by atoms with E-state index in [1.54, 1.807) is 6.07 Å². The molecule has 1 heterocycles. The van der Waals surface area contributed by atoms with Crippen LogP contribution < -0.4 is 5.32 Å². The van der Waals surface area contributed by atoms with Crippen LogP contribution in [0.25, 0.3) is 22.0 Å². The fourth-order valence-corrected chi connectivity index (χ4v) is 4.80. The third-order valence-electron chi connectivity index (χ3n) is 6.36. The highest BCUT2D eigenvalue weighted by Gasteiger charge is 2.17. The van der Waals surface area contributed by atoms with E-state index < -0.39 is 0 Å². The molecule has 0 spiro atoms. The van der Waals surface area contributed by atoms with E-state index in [1.165, 1.54) is 32.1 Å². The number of amides is 1. The van der Waals surface area contributed by atoms with E-state index in [2.05, 4.69) is 40.4 Å². The number of H-pyrrole nitrogens is 1. The van der Waals surface area contributed by atoms with E-state index in [0.29, 0.717) is 29.1 Å². The summed E-state index contributed by atoms with van der Waals surface area (Å²) in [4.78, 5) is 18.2. The molecule has 1 aromatic heterocycles. The minimum absolute atomic E-state index is 0.0616. The molecule has 0 atom stereocenters. The number of fused-ring (bicyclic) bond motifs is 1. The standard InChI is InChI=1S/C25H29Cl2N3O/c1-30(20-5-3-2-4-6-20)12-11-28-25(31)15-19-16-29-24-14-18(7-9-21(19)24)17-8-10-22(26)23(27)13-17/h7-10,13-14,16,20,29H,2-6,11-12,15H2,1H3,(H,28,31). The van der Waals surface area contributed by atoms with Gasteiger partial charge in [-0.15, -0.1) is 0 Å². The number of hydrogen-bond donors (Lipinski definition) is 2. The lowest BCUT2D eigenvalue weighted by molar-refractivity contribution is -0.120. The zero-order valence-electron chi connectivity index (χ0n) is 17.9. The zero-order valence-corrected chi connectivity index (χ0v) is 19.4. The molecule has 164 valence electrons. The van der Waals surface area contributed by atoms with Crippen molar-refractivity contribution in [3.05, 3.63) is 58.2 Å². The van der Waals surface area contributed by atoms with Crippen LogP contribution in [-0.2, 0) is 11.2 Å². The quantitative estimate of drug-likeness (QED) is 0.452. The largest absolute Gasteiger partial charge is 0.361 e. The number of nitrogens with one attached hydrogen (secondary N) is 2. The Morgan fingerprint density at radius 1 is 1.06 bits per heavy atom. The number of carbonyl (C=O) groups is 1. The maximum absolute atomic E-state index is 12.5. The van der Waals surface area contributed by atoms with Crippen LogP contribution in [0.15, 0.2) is 42.6 Å². The Bertz CT molecular complexity index is 1060. The van der Waals surface area contributed by atoms with Gasteiger partial charge in [-0.05, 0) is 54.8 Å². The summed E-state index contributed by atoms with van der Waals surface area (Å²) >= 11 is 12.2. The van der Waals surface area contributed by atoms with Crippen molar-refractivity contribution in [3.8, 4) is 11.1 Å². The Labute approximate surface area is 193 Å². The molecule has 4 nitrogen and oxygen atoms in total. The third-order valence-corrected chi connectivity index (χ3v) is 7.10. The molecule has 0 saturated heterocycles. The average molecular weight is 458 g/mol.